The number of piperazine rings is 1. The van der Waals surface area contributed by atoms with E-state index in [2.05, 4.69) is 49.7 Å². The highest BCUT2D eigenvalue weighted by Gasteiger charge is 2.50. The van der Waals surface area contributed by atoms with Crippen LogP contribution < -0.4 is 25.3 Å². The van der Waals surface area contributed by atoms with Crippen molar-refractivity contribution in [2.75, 3.05) is 54.0 Å². The Morgan fingerprint density at radius 1 is 0.915 bits per heavy atom. The number of likely N-dealkylation sites (tertiary alicyclic amines) is 1. The monoisotopic (exact) mass is 997 g/mol. The van der Waals surface area contributed by atoms with Gasteiger partial charge in [-0.25, -0.2) is 4.98 Å². The summed E-state index contributed by atoms with van der Waals surface area (Å²) in [5.41, 5.74) is 5.00. The lowest BCUT2D eigenvalue weighted by Crippen LogP contribution is -2.57. The fourth-order valence-electron chi connectivity index (χ4n) is 9.51. The maximum absolute atomic E-state index is 14.1. The van der Waals surface area contributed by atoms with Crippen molar-refractivity contribution in [1.29, 1.82) is 5.26 Å². The van der Waals surface area contributed by atoms with Gasteiger partial charge in [-0.1, -0.05) is 80.9 Å². The summed E-state index contributed by atoms with van der Waals surface area (Å²) in [6.45, 7) is 14.0. The number of amides is 4. The van der Waals surface area contributed by atoms with Crippen molar-refractivity contribution in [3.8, 4) is 28.5 Å². The molecule has 4 aromatic carbocycles. The number of nitriles is 1. The molecule has 3 fully saturated rings. The standard InChI is InChI=1S/C54H60ClN9O6S/c1-53(2,3)48(50(68)62-33-43(65)29-45(62)49(67)58-31-35-9-11-38(12-10-35)46-32-57-34-70-46)59-47(66)8-6-7-23-60-24-26-61(27-25-60)40-18-13-36(14-19-40)37-15-20-41(21-16-37)64-52(71)63(51(69)54(64,4)5)42-22-17-39(30-56)44(55)28-42/h9-22,28,32,34,43,45,48,65H,6-8,23-27,29,31,33H2,1-5H3,(H,58,67)(H,59,66)/t43-,45+,48-/m1/s1. The number of halogens is 1. The van der Waals surface area contributed by atoms with Crippen LogP contribution in [-0.4, -0.2) is 112 Å². The van der Waals surface area contributed by atoms with Crippen LogP contribution in [0.15, 0.2) is 108 Å². The van der Waals surface area contributed by atoms with E-state index in [0.717, 1.165) is 72.8 Å². The van der Waals surface area contributed by atoms with E-state index < -0.39 is 29.1 Å². The van der Waals surface area contributed by atoms with Gasteiger partial charge in [0.2, 0.25) is 17.7 Å². The number of nitrogens with one attached hydrogen (secondary N) is 2. The SMILES string of the molecule is CC(C)(C)[C@H](NC(=O)CCCCN1CCN(c2ccc(-c3ccc(N4C(=S)N(c5ccc(C#N)c(Cl)c5)C(=O)C4(C)C)cc3)cc2)CC1)C(=O)N1C[C@H](O)C[C@H]1C(=O)NCc1ccc(-c2cnco2)cc1. The Morgan fingerprint density at radius 2 is 1.55 bits per heavy atom. The number of carbonyl (C=O) groups excluding carboxylic acids is 4. The number of rotatable bonds is 15. The number of oxazole rings is 1. The van der Waals surface area contributed by atoms with Crippen molar-refractivity contribution < 1.29 is 28.7 Å². The number of β-amino-alcohol motifs (C(OH)–C–C–N with tert-alkyl or cyclic N) is 1. The molecule has 0 bridgehead atoms. The summed E-state index contributed by atoms with van der Waals surface area (Å²) in [6, 6.07) is 29.3. The maximum atomic E-state index is 14.1. The molecule has 3 N–H and O–H groups in total. The first kappa shape index (κ1) is 50.7. The number of unbranched alkanes of at least 4 members (excludes halogenated alkanes) is 1. The van der Waals surface area contributed by atoms with Crippen molar-refractivity contribution in [1.82, 2.24) is 25.4 Å². The van der Waals surface area contributed by atoms with Gasteiger partial charge < -0.3 is 34.9 Å². The average Bonchev–Trinajstić information content (AvgIpc) is 4.08. The van der Waals surface area contributed by atoms with Gasteiger partial charge in [0, 0.05) is 69.0 Å². The van der Waals surface area contributed by atoms with Crippen LogP contribution in [0.3, 0.4) is 0 Å². The minimum atomic E-state index is -0.952. The van der Waals surface area contributed by atoms with E-state index in [4.69, 9.17) is 28.2 Å². The van der Waals surface area contributed by atoms with Crippen molar-refractivity contribution >= 4 is 69.6 Å². The predicted octanol–water partition coefficient (Wildman–Crippen LogP) is 7.55. The summed E-state index contributed by atoms with van der Waals surface area (Å²) < 4.78 is 5.35. The number of hydrogen-bond donors (Lipinski definition) is 3. The van der Waals surface area contributed by atoms with Crippen molar-refractivity contribution in [2.24, 2.45) is 5.41 Å². The van der Waals surface area contributed by atoms with E-state index in [1.54, 1.807) is 24.4 Å². The Labute approximate surface area is 425 Å². The molecular formula is C54H60ClN9O6S. The zero-order valence-electron chi connectivity index (χ0n) is 40.7. The Morgan fingerprint density at radius 3 is 2.15 bits per heavy atom. The van der Waals surface area contributed by atoms with E-state index in [9.17, 15) is 29.5 Å². The number of anilines is 3. The first-order valence-electron chi connectivity index (χ1n) is 24.0. The molecule has 5 aromatic rings. The number of hydrogen-bond acceptors (Lipinski definition) is 11. The zero-order chi connectivity index (χ0) is 50.6. The second-order valence-corrected chi connectivity index (χ2v) is 20.8. The van der Waals surface area contributed by atoms with Crippen LogP contribution in [0.5, 0.6) is 0 Å². The molecule has 0 aliphatic carbocycles. The molecular weight excluding hydrogens is 938 g/mol. The highest BCUT2D eigenvalue weighted by molar-refractivity contribution is 7.81. The lowest BCUT2D eigenvalue weighted by molar-refractivity contribution is -0.144. The van der Waals surface area contributed by atoms with Crippen molar-refractivity contribution in [3.63, 3.8) is 0 Å². The molecule has 71 heavy (non-hydrogen) atoms. The highest BCUT2D eigenvalue weighted by atomic mass is 35.5. The van der Waals surface area contributed by atoms with Crippen LogP contribution in [0, 0.1) is 16.7 Å². The van der Waals surface area contributed by atoms with Crippen molar-refractivity contribution in [3.05, 3.63) is 120 Å². The molecule has 0 unspecified atom stereocenters. The minimum Gasteiger partial charge on any atom is -0.444 e. The molecule has 17 heteroatoms. The van der Waals surface area contributed by atoms with E-state index in [-0.39, 0.29) is 54.6 Å². The van der Waals surface area contributed by atoms with Crippen molar-refractivity contribution in [2.45, 2.75) is 90.6 Å². The molecule has 4 amide bonds. The molecule has 1 aromatic heterocycles. The molecule has 0 radical (unpaired) electrons. The van der Waals surface area contributed by atoms with Gasteiger partial charge >= 0.3 is 0 Å². The molecule has 15 nitrogen and oxygen atoms in total. The first-order chi connectivity index (χ1) is 33.9. The Kier molecular flexibility index (Phi) is 15.3. The number of benzene rings is 4. The largest absolute Gasteiger partial charge is 0.444 e. The third-order valence-corrected chi connectivity index (χ3v) is 14.3. The molecule has 0 saturated carbocycles. The fourth-order valence-corrected chi connectivity index (χ4v) is 10.3. The van der Waals surface area contributed by atoms with Crippen LogP contribution in [0.1, 0.15) is 71.4 Å². The first-order valence-corrected chi connectivity index (χ1v) is 24.8. The van der Waals surface area contributed by atoms with Crippen LogP contribution in [0.25, 0.3) is 22.5 Å². The number of aromatic nitrogens is 1. The smallest absolute Gasteiger partial charge is 0.259 e. The van der Waals surface area contributed by atoms with Gasteiger partial charge in [0.1, 0.15) is 23.7 Å². The number of nitrogens with zero attached hydrogens (tertiary/aromatic N) is 7. The second-order valence-electron chi connectivity index (χ2n) is 20.0. The molecule has 3 atom stereocenters. The Hall–Kier alpha value is -6.64. The summed E-state index contributed by atoms with van der Waals surface area (Å²) in [6.07, 6.45) is 4.03. The number of thiocarbonyl (C=S) groups is 1. The lowest BCUT2D eigenvalue weighted by atomic mass is 9.85. The van der Waals surface area contributed by atoms with Crippen LogP contribution in [0.4, 0.5) is 17.1 Å². The van der Waals surface area contributed by atoms with Crippen LogP contribution in [-0.2, 0) is 25.7 Å². The van der Waals surface area contributed by atoms with Gasteiger partial charge in [0.25, 0.3) is 5.91 Å². The minimum absolute atomic E-state index is 0.0133. The van der Waals surface area contributed by atoms with Gasteiger partial charge in [-0.3, -0.25) is 29.0 Å². The quantitative estimate of drug-likeness (QED) is 0.0694. The van der Waals surface area contributed by atoms with Crippen LogP contribution in [0.2, 0.25) is 5.02 Å². The van der Waals surface area contributed by atoms with E-state index >= 15 is 0 Å². The molecule has 0 spiro atoms. The average molecular weight is 999 g/mol. The topological polar surface area (TPSA) is 179 Å². The normalized spacial score (nSPS) is 18.7. The van der Waals surface area contributed by atoms with Gasteiger partial charge in [-0.2, -0.15) is 5.26 Å². The summed E-state index contributed by atoms with van der Waals surface area (Å²) in [5.74, 6) is -0.502. The molecule has 3 aliphatic heterocycles. The summed E-state index contributed by atoms with van der Waals surface area (Å²) in [7, 11) is 0. The van der Waals surface area contributed by atoms with Gasteiger partial charge in [-0.05, 0) is 110 Å². The number of aliphatic hydroxyl groups excluding tert-OH is 1. The fraction of sp³-hybridized carbons (Fsp3) is 0.389. The van der Waals surface area contributed by atoms with Gasteiger partial charge in [0.05, 0.1) is 28.6 Å². The van der Waals surface area contributed by atoms with Crippen LogP contribution >= 0.6 is 23.8 Å². The van der Waals surface area contributed by atoms with E-state index in [1.165, 1.54) is 16.2 Å². The highest BCUT2D eigenvalue weighted by Crippen LogP contribution is 2.38. The van der Waals surface area contributed by atoms with E-state index in [1.807, 2.05) is 94.1 Å². The maximum Gasteiger partial charge on any atom is 0.259 e. The third-order valence-electron chi connectivity index (χ3n) is 13.6. The summed E-state index contributed by atoms with van der Waals surface area (Å²) >= 11 is 12.2. The predicted molar refractivity (Wildman–Crippen MR) is 278 cm³/mol. The summed E-state index contributed by atoms with van der Waals surface area (Å²) in [5, 5.41) is 26.4. The third kappa shape index (κ3) is 11.3. The lowest BCUT2D eigenvalue weighted by Gasteiger charge is -2.36. The number of carbonyl (C=O) groups is 4. The molecule has 3 aliphatic rings. The summed E-state index contributed by atoms with van der Waals surface area (Å²) in [4.78, 5) is 68.0. The molecule has 370 valence electrons. The Bertz CT molecular complexity index is 2780. The molecule has 3 saturated heterocycles. The van der Waals surface area contributed by atoms with E-state index in [0.29, 0.717) is 28.5 Å². The van der Waals surface area contributed by atoms with Gasteiger partial charge in [-0.15, -0.1) is 0 Å². The second kappa shape index (κ2) is 21.4. The Balaban J connectivity index is 0.773. The molecule has 8 rings (SSSR count). The number of aliphatic hydroxyl groups is 1. The van der Waals surface area contributed by atoms with Gasteiger partial charge in [0.15, 0.2) is 17.3 Å². The zero-order valence-corrected chi connectivity index (χ0v) is 42.3. The molecule has 4 heterocycles.